The molecule has 3 N–H and O–H groups in total. The summed E-state index contributed by atoms with van der Waals surface area (Å²) in [6.07, 6.45) is 4.21. The molecule has 0 bridgehead atoms. The summed E-state index contributed by atoms with van der Waals surface area (Å²) in [7, 11) is 0. The van der Waals surface area contributed by atoms with Crippen molar-refractivity contribution in [2.24, 2.45) is 11.7 Å². The molecule has 7 nitrogen and oxygen atoms in total. The van der Waals surface area contributed by atoms with E-state index in [1.165, 1.54) is 0 Å². The van der Waals surface area contributed by atoms with Crippen molar-refractivity contribution >= 4 is 45.0 Å². The lowest BCUT2D eigenvalue weighted by atomic mass is 9.87. The maximum Gasteiger partial charge on any atom is 0.268 e. The second kappa shape index (κ2) is 9.79. The zero-order valence-electron chi connectivity index (χ0n) is 19.0. The maximum atomic E-state index is 13.4. The molecule has 0 aliphatic heterocycles. The van der Waals surface area contributed by atoms with Gasteiger partial charge in [0.05, 0.1) is 10.2 Å². The van der Waals surface area contributed by atoms with Crippen LogP contribution < -0.4 is 16.0 Å². The number of amides is 3. The maximum absolute atomic E-state index is 13.4. The minimum absolute atomic E-state index is 0.0271. The number of primary amides is 1. The van der Waals surface area contributed by atoms with Crippen LogP contribution in [0, 0.1) is 5.92 Å². The molecule has 0 radical (unpaired) electrons. The van der Waals surface area contributed by atoms with Gasteiger partial charge in [-0.15, -0.1) is 11.3 Å². The highest BCUT2D eigenvalue weighted by Crippen LogP contribution is 2.28. The molecule has 0 spiro atoms. The zero-order valence-corrected chi connectivity index (χ0v) is 19.9. The van der Waals surface area contributed by atoms with E-state index in [0.29, 0.717) is 29.4 Å². The highest BCUT2D eigenvalue weighted by Gasteiger charge is 2.25. The van der Waals surface area contributed by atoms with Crippen molar-refractivity contribution in [1.29, 1.82) is 0 Å². The Balaban J connectivity index is 1.58. The number of hydrogen-bond donors (Lipinski definition) is 2. The molecule has 3 aromatic rings. The van der Waals surface area contributed by atoms with Crippen LogP contribution in [0.5, 0.6) is 0 Å². The molecule has 33 heavy (non-hydrogen) atoms. The standard InChI is InChI=1S/C25H30N4O3S/c1-3-28(19-6-4-5-17(13-19)24(26)31)23(30)15-29-20-11-12-33-22(20)14-21(29)25(32)27-18-9-7-16(2)8-10-18/h4-6,11-14,16,18H,3,7-10,15H2,1-2H3,(H2,26,31)(H,27,32). The molecule has 0 atom stereocenters. The molecule has 174 valence electrons. The summed E-state index contributed by atoms with van der Waals surface area (Å²) >= 11 is 1.55. The van der Waals surface area contributed by atoms with E-state index in [1.807, 2.05) is 24.4 Å². The largest absolute Gasteiger partial charge is 0.366 e. The predicted molar refractivity (Wildman–Crippen MR) is 132 cm³/mol. The molecule has 4 rings (SSSR count). The van der Waals surface area contributed by atoms with Gasteiger partial charge in [0.1, 0.15) is 12.2 Å². The van der Waals surface area contributed by atoms with Gasteiger partial charge in [-0.3, -0.25) is 14.4 Å². The number of aromatic nitrogens is 1. The van der Waals surface area contributed by atoms with Gasteiger partial charge < -0.3 is 20.5 Å². The summed E-state index contributed by atoms with van der Waals surface area (Å²) in [5.74, 6) is -0.132. The van der Waals surface area contributed by atoms with Gasteiger partial charge in [-0.2, -0.15) is 0 Å². The Morgan fingerprint density at radius 3 is 2.61 bits per heavy atom. The summed E-state index contributed by atoms with van der Waals surface area (Å²) in [6.45, 7) is 4.58. The summed E-state index contributed by atoms with van der Waals surface area (Å²) < 4.78 is 2.78. The van der Waals surface area contributed by atoms with Crippen LogP contribution in [0.3, 0.4) is 0 Å². The third kappa shape index (κ3) is 4.95. The lowest BCUT2D eigenvalue weighted by Crippen LogP contribution is -2.39. The number of carbonyl (C=O) groups is 3. The van der Waals surface area contributed by atoms with Crippen LogP contribution in [0.15, 0.2) is 41.8 Å². The summed E-state index contributed by atoms with van der Waals surface area (Å²) in [6, 6.07) is 10.7. The van der Waals surface area contributed by atoms with E-state index in [0.717, 1.165) is 35.9 Å². The van der Waals surface area contributed by atoms with Crippen molar-refractivity contribution in [2.75, 3.05) is 11.4 Å². The van der Waals surface area contributed by atoms with Gasteiger partial charge in [-0.25, -0.2) is 0 Å². The zero-order chi connectivity index (χ0) is 23.5. The van der Waals surface area contributed by atoms with Gasteiger partial charge in [-0.05, 0) is 74.2 Å². The first-order valence-electron chi connectivity index (χ1n) is 11.4. The fraction of sp³-hybridized carbons (Fsp3) is 0.400. The average Bonchev–Trinajstić information content (AvgIpc) is 3.39. The van der Waals surface area contributed by atoms with Gasteiger partial charge in [0.15, 0.2) is 0 Å². The van der Waals surface area contributed by atoms with Crippen molar-refractivity contribution in [1.82, 2.24) is 9.88 Å². The quantitative estimate of drug-likeness (QED) is 0.547. The van der Waals surface area contributed by atoms with Crippen LogP contribution >= 0.6 is 11.3 Å². The second-order valence-electron chi connectivity index (χ2n) is 8.77. The Morgan fingerprint density at radius 1 is 1.15 bits per heavy atom. The monoisotopic (exact) mass is 466 g/mol. The highest BCUT2D eigenvalue weighted by molar-refractivity contribution is 7.17. The first-order chi connectivity index (χ1) is 15.9. The van der Waals surface area contributed by atoms with Crippen LogP contribution in [0.25, 0.3) is 10.2 Å². The SMILES string of the molecule is CCN(C(=O)Cn1c(C(=O)NC2CCC(C)CC2)cc2sccc21)c1cccc(C(N)=O)c1. The van der Waals surface area contributed by atoms with Gasteiger partial charge in [0, 0.05) is 23.8 Å². The number of benzene rings is 1. The fourth-order valence-corrected chi connectivity index (χ4v) is 5.37. The molecule has 0 saturated heterocycles. The molecule has 1 fully saturated rings. The molecule has 1 aromatic carbocycles. The Labute approximate surface area is 197 Å². The second-order valence-corrected chi connectivity index (χ2v) is 9.72. The van der Waals surface area contributed by atoms with Crippen molar-refractivity contribution in [2.45, 2.75) is 52.1 Å². The van der Waals surface area contributed by atoms with Crippen molar-refractivity contribution < 1.29 is 14.4 Å². The lowest BCUT2D eigenvalue weighted by molar-refractivity contribution is -0.119. The number of likely N-dealkylation sites (N-methyl/N-ethyl adjacent to an activating group) is 1. The molecule has 1 aliphatic carbocycles. The molecule has 2 heterocycles. The molecular weight excluding hydrogens is 436 g/mol. The minimum atomic E-state index is -0.540. The number of anilines is 1. The molecular formula is C25H30N4O3S. The average molecular weight is 467 g/mol. The highest BCUT2D eigenvalue weighted by atomic mass is 32.1. The van der Waals surface area contributed by atoms with Gasteiger partial charge in [0.25, 0.3) is 5.91 Å². The number of fused-ring (bicyclic) bond motifs is 1. The Hall–Kier alpha value is -3.13. The van der Waals surface area contributed by atoms with Gasteiger partial charge in [0.2, 0.25) is 11.8 Å². The van der Waals surface area contributed by atoms with Crippen LogP contribution in [0.1, 0.15) is 60.4 Å². The Bertz CT molecular complexity index is 1170. The number of carbonyl (C=O) groups excluding carboxylic acids is 3. The number of thiophene rings is 1. The summed E-state index contributed by atoms with van der Waals surface area (Å²) in [5, 5.41) is 5.15. The first-order valence-corrected chi connectivity index (χ1v) is 12.3. The topological polar surface area (TPSA) is 97.4 Å². The van der Waals surface area contributed by atoms with Crippen LogP contribution in [-0.4, -0.2) is 34.9 Å². The van der Waals surface area contributed by atoms with E-state index in [1.54, 1.807) is 45.1 Å². The lowest BCUT2D eigenvalue weighted by Gasteiger charge is -2.27. The number of rotatable bonds is 7. The summed E-state index contributed by atoms with van der Waals surface area (Å²) in [5.41, 5.74) is 7.74. The van der Waals surface area contributed by atoms with Crippen molar-refractivity contribution in [3.05, 3.63) is 53.0 Å². The molecule has 8 heteroatoms. The summed E-state index contributed by atoms with van der Waals surface area (Å²) in [4.78, 5) is 39.7. The third-order valence-electron chi connectivity index (χ3n) is 6.46. The number of nitrogens with two attached hydrogens (primary N) is 1. The third-order valence-corrected chi connectivity index (χ3v) is 7.31. The van der Waals surface area contributed by atoms with E-state index < -0.39 is 5.91 Å². The Morgan fingerprint density at radius 2 is 1.91 bits per heavy atom. The minimum Gasteiger partial charge on any atom is -0.366 e. The van der Waals surface area contributed by atoms with Gasteiger partial charge >= 0.3 is 0 Å². The molecule has 3 amide bonds. The van der Waals surface area contributed by atoms with Crippen molar-refractivity contribution in [3.63, 3.8) is 0 Å². The molecule has 1 saturated carbocycles. The van der Waals surface area contributed by atoms with Crippen molar-refractivity contribution in [3.8, 4) is 0 Å². The predicted octanol–water partition coefficient (Wildman–Crippen LogP) is 4.16. The van der Waals surface area contributed by atoms with Crippen LogP contribution in [0.4, 0.5) is 5.69 Å². The van der Waals surface area contributed by atoms with Gasteiger partial charge in [-0.1, -0.05) is 13.0 Å². The van der Waals surface area contributed by atoms with Crippen LogP contribution in [0.2, 0.25) is 0 Å². The smallest absolute Gasteiger partial charge is 0.268 e. The number of nitrogens with zero attached hydrogens (tertiary/aromatic N) is 2. The fourth-order valence-electron chi connectivity index (χ4n) is 4.55. The first kappa shape index (κ1) is 23.0. The number of hydrogen-bond acceptors (Lipinski definition) is 4. The van der Waals surface area contributed by atoms with E-state index >= 15 is 0 Å². The van der Waals surface area contributed by atoms with E-state index in [-0.39, 0.29) is 24.4 Å². The van der Waals surface area contributed by atoms with E-state index in [2.05, 4.69) is 12.2 Å². The Kier molecular flexibility index (Phi) is 6.83. The van der Waals surface area contributed by atoms with Crippen LogP contribution in [-0.2, 0) is 11.3 Å². The molecule has 2 aromatic heterocycles. The van der Waals surface area contributed by atoms with E-state index in [9.17, 15) is 14.4 Å². The number of nitrogens with one attached hydrogen (secondary N) is 1. The molecule has 1 aliphatic rings. The normalized spacial score (nSPS) is 18.2. The van der Waals surface area contributed by atoms with E-state index in [4.69, 9.17) is 5.73 Å². The molecule has 0 unspecified atom stereocenters.